The van der Waals surface area contributed by atoms with E-state index in [-0.39, 0.29) is 5.91 Å². The van der Waals surface area contributed by atoms with Gasteiger partial charge in [-0.05, 0) is 30.5 Å². The molecule has 1 aliphatic heterocycles. The van der Waals surface area contributed by atoms with Gasteiger partial charge in [0.1, 0.15) is 0 Å². The van der Waals surface area contributed by atoms with Crippen molar-refractivity contribution in [2.24, 2.45) is 0 Å². The number of fused-ring (bicyclic) bond motifs is 2. The normalized spacial score (nSPS) is 15.4. The summed E-state index contributed by atoms with van der Waals surface area (Å²) in [5.41, 5.74) is 4.63. The summed E-state index contributed by atoms with van der Waals surface area (Å²) in [5, 5.41) is 6.27. The molecule has 2 N–H and O–H groups in total. The average Bonchev–Trinajstić information content (AvgIpc) is 3.18. The van der Waals surface area contributed by atoms with Crippen molar-refractivity contribution < 1.29 is 4.79 Å². The van der Waals surface area contributed by atoms with Crippen molar-refractivity contribution in [2.75, 3.05) is 5.32 Å². The fourth-order valence-corrected chi connectivity index (χ4v) is 3.05. The van der Waals surface area contributed by atoms with Crippen molar-refractivity contribution in [2.45, 2.75) is 39.3 Å². The number of hydrogen-bond donors (Lipinski definition) is 2. The number of benzene rings is 1. The summed E-state index contributed by atoms with van der Waals surface area (Å²) in [5.74, 6) is 0.834. The molecule has 1 fully saturated rings. The van der Waals surface area contributed by atoms with Crippen LogP contribution in [-0.2, 0) is 6.54 Å². The zero-order chi connectivity index (χ0) is 17.4. The molecule has 1 saturated carbocycles. The molecular weight excluding hydrogens is 314 g/mol. The molecule has 2 aliphatic rings. The summed E-state index contributed by atoms with van der Waals surface area (Å²) < 4.78 is 2.05. The van der Waals surface area contributed by atoms with Crippen LogP contribution in [0.15, 0.2) is 36.8 Å². The number of anilines is 1. The van der Waals surface area contributed by atoms with E-state index in [9.17, 15) is 4.79 Å². The van der Waals surface area contributed by atoms with Gasteiger partial charge in [0.25, 0.3) is 5.91 Å². The van der Waals surface area contributed by atoms with Crippen LogP contribution in [0.2, 0.25) is 0 Å². The Balaban J connectivity index is 0.000000758. The van der Waals surface area contributed by atoms with Gasteiger partial charge < -0.3 is 10.6 Å². The lowest BCUT2D eigenvalue weighted by Gasteiger charge is -2.10. The second-order valence-electron chi connectivity index (χ2n) is 6.09. The van der Waals surface area contributed by atoms with Gasteiger partial charge in [0.15, 0.2) is 11.5 Å². The Morgan fingerprint density at radius 3 is 2.88 bits per heavy atom. The molecule has 0 unspecified atom stereocenters. The quantitative estimate of drug-likeness (QED) is 0.771. The lowest BCUT2D eigenvalue weighted by Crippen LogP contribution is -2.12. The maximum Gasteiger partial charge on any atom is 0.251 e. The van der Waals surface area contributed by atoms with E-state index in [1.54, 1.807) is 6.20 Å². The minimum atomic E-state index is 0.00133. The predicted molar refractivity (Wildman–Crippen MR) is 97.6 cm³/mol. The highest BCUT2D eigenvalue weighted by molar-refractivity contribution is 5.98. The smallest absolute Gasteiger partial charge is 0.251 e. The van der Waals surface area contributed by atoms with Crippen LogP contribution in [0.1, 0.15) is 42.6 Å². The number of imidazole rings is 1. The van der Waals surface area contributed by atoms with Crippen LogP contribution < -0.4 is 10.6 Å². The molecule has 25 heavy (non-hydrogen) atoms. The highest BCUT2D eigenvalue weighted by atomic mass is 16.1. The highest BCUT2D eigenvalue weighted by Gasteiger charge is 2.23. The Morgan fingerprint density at radius 1 is 1.24 bits per heavy atom. The third-order valence-electron chi connectivity index (χ3n) is 4.43. The number of hydrogen-bond acceptors (Lipinski definition) is 4. The van der Waals surface area contributed by atoms with Gasteiger partial charge in [-0.1, -0.05) is 19.9 Å². The summed E-state index contributed by atoms with van der Waals surface area (Å²) in [6, 6.07) is 6.43. The molecule has 6 nitrogen and oxygen atoms in total. The molecule has 0 saturated heterocycles. The Kier molecular flexibility index (Phi) is 3.87. The minimum Gasteiger partial charge on any atom is -0.364 e. The van der Waals surface area contributed by atoms with Crippen LogP contribution in [0.4, 0.5) is 5.82 Å². The first-order chi connectivity index (χ1) is 12.3. The number of rotatable bonds is 3. The van der Waals surface area contributed by atoms with Crippen molar-refractivity contribution in [3.05, 3.63) is 47.9 Å². The van der Waals surface area contributed by atoms with E-state index in [4.69, 9.17) is 0 Å². The third-order valence-corrected chi connectivity index (χ3v) is 4.43. The number of amides is 1. The van der Waals surface area contributed by atoms with Gasteiger partial charge in [0.05, 0.1) is 11.9 Å². The van der Waals surface area contributed by atoms with E-state index in [2.05, 4.69) is 26.7 Å². The molecule has 3 aromatic rings. The molecule has 3 heterocycles. The molecule has 0 bridgehead atoms. The second-order valence-corrected chi connectivity index (χ2v) is 6.09. The standard InChI is InChI=1S/C17H15N5O.C2H6/c23-17-13-4-1-10(7-11(13)8-20-17)14-9-19-15(21-12-2-3-12)16-18-5-6-22(14)16;1-2/h1,4-7,9,12H,2-3,8H2,(H,19,21)(H,20,23);1-2H3. The van der Waals surface area contributed by atoms with Crippen LogP contribution in [-0.4, -0.2) is 26.3 Å². The van der Waals surface area contributed by atoms with Gasteiger partial charge >= 0.3 is 0 Å². The summed E-state index contributed by atoms with van der Waals surface area (Å²) in [6.07, 6.45) is 7.99. The molecule has 6 heteroatoms. The van der Waals surface area contributed by atoms with E-state index in [0.29, 0.717) is 12.6 Å². The van der Waals surface area contributed by atoms with Crippen LogP contribution in [0, 0.1) is 0 Å². The summed E-state index contributed by atoms with van der Waals surface area (Å²) in [4.78, 5) is 20.7. The summed E-state index contributed by atoms with van der Waals surface area (Å²) in [7, 11) is 0. The van der Waals surface area contributed by atoms with Crippen LogP contribution in [0.3, 0.4) is 0 Å². The van der Waals surface area contributed by atoms with Gasteiger partial charge in [-0.25, -0.2) is 9.97 Å². The molecule has 1 amide bonds. The number of nitrogens with zero attached hydrogens (tertiary/aromatic N) is 3. The second kappa shape index (κ2) is 6.20. The van der Waals surface area contributed by atoms with Crippen LogP contribution >= 0.6 is 0 Å². The monoisotopic (exact) mass is 335 g/mol. The number of carbonyl (C=O) groups excluding carboxylic acids is 1. The van der Waals surface area contributed by atoms with Gasteiger partial charge in [-0.3, -0.25) is 9.20 Å². The molecule has 128 valence electrons. The molecule has 0 radical (unpaired) electrons. The van der Waals surface area contributed by atoms with E-state index in [0.717, 1.165) is 33.8 Å². The van der Waals surface area contributed by atoms with E-state index in [1.807, 2.05) is 42.8 Å². The maximum atomic E-state index is 11.7. The van der Waals surface area contributed by atoms with Crippen LogP contribution in [0.25, 0.3) is 16.9 Å². The van der Waals surface area contributed by atoms with Crippen molar-refractivity contribution in [1.29, 1.82) is 0 Å². The average molecular weight is 335 g/mol. The first-order valence-corrected chi connectivity index (χ1v) is 8.80. The van der Waals surface area contributed by atoms with Crippen molar-refractivity contribution >= 4 is 17.4 Å². The molecule has 0 atom stereocenters. The minimum absolute atomic E-state index is 0.00133. The number of nitrogens with one attached hydrogen (secondary N) is 2. The highest BCUT2D eigenvalue weighted by Crippen LogP contribution is 2.29. The van der Waals surface area contributed by atoms with Crippen LogP contribution in [0.5, 0.6) is 0 Å². The zero-order valence-electron chi connectivity index (χ0n) is 14.4. The lowest BCUT2D eigenvalue weighted by atomic mass is 10.0. The Labute approximate surface area is 146 Å². The molecule has 5 rings (SSSR count). The SMILES string of the molecule is CC.O=C1NCc2cc(-c3cnc(NC4CC4)c4nccn34)ccc21. The lowest BCUT2D eigenvalue weighted by molar-refractivity contribution is 0.0966. The van der Waals surface area contributed by atoms with Gasteiger partial charge in [0.2, 0.25) is 0 Å². The number of aromatic nitrogens is 3. The first-order valence-electron chi connectivity index (χ1n) is 8.80. The number of carbonyl (C=O) groups is 1. The maximum absolute atomic E-state index is 11.7. The Bertz CT molecular complexity index is 942. The molecule has 2 aromatic heterocycles. The molecular formula is C19H21N5O. The van der Waals surface area contributed by atoms with E-state index in [1.165, 1.54) is 12.8 Å². The summed E-state index contributed by atoms with van der Waals surface area (Å²) in [6.45, 7) is 4.59. The molecule has 1 aliphatic carbocycles. The van der Waals surface area contributed by atoms with Gasteiger partial charge in [-0.15, -0.1) is 0 Å². The topological polar surface area (TPSA) is 71.3 Å². The Hall–Kier alpha value is -2.89. The largest absolute Gasteiger partial charge is 0.364 e. The first kappa shape index (κ1) is 15.6. The Morgan fingerprint density at radius 2 is 2.08 bits per heavy atom. The van der Waals surface area contributed by atoms with Crippen molar-refractivity contribution in [1.82, 2.24) is 19.7 Å². The van der Waals surface area contributed by atoms with E-state index >= 15 is 0 Å². The summed E-state index contributed by atoms with van der Waals surface area (Å²) >= 11 is 0. The van der Waals surface area contributed by atoms with Crippen molar-refractivity contribution in [3.63, 3.8) is 0 Å². The van der Waals surface area contributed by atoms with E-state index < -0.39 is 0 Å². The zero-order valence-corrected chi connectivity index (χ0v) is 14.4. The predicted octanol–water partition coefficient (Wildman–Crippen LogP) is 3.24. The third kappa shape index (κ3) is 2.73. The molecule has 0 spiro atoms. The fourth-order valence-electron chi connectivity index (χ4n) is 3.05. The molecule has 1 aromatic carbocycles. The van der Waals surface area contributed by atoms with Gasteiger partial charge in [-0.2, -0.15) is 0 Å². The van der Waals surface area contributed by atoms with Gasteiger partial charge in [0, 0.05) is 36.1 Å². The van der Waals surface area contributed by atoms with Crippen molar-refractivity contribution in [3.8, 4) is 11.3 Å². The fraction of sp³-hybridized carbons (Fsp3) is 0.316.